The first kappa shape index (κ1) is 13.7. The van der Waals surface area contributed by atoms with Crippen molar-refractivity contribution in [2.45, 2.75) is 0 Å². The summed E-state index contributed by atoms with van der Waals surface area (Å²) in [5.74, 6) is 3.50. The molecule has 0 fully saturated rings. The summed E-state index contributed by atoms with van der Waals surface area (Å²) in [4.78, 5) is 0. The molecular formula is C7H13N3O4S. The van der Waals surface area contributed by atoms with Gasteiger partial charge in [0.15, 0.2) is 0 Å². The van der Waals surface area contributed by atoms with Crippen molar-refractivity contribution < 1.29 is 17.8 Å². The second-order valence-electron chi connectivity index (χ2n) is 2.34. The van der Waals surface area contributed by atoms with Crippen molar-refractivity contribution in [3.63, 3.8) is 0 Å². The molecule has 0 saturated heterocycles. The van der Waals surface area contributed by atoms with Crippen LogP contribution in [-0.4, -0.2) is 20.7 Å². The Labute approximate surface area is 87.9 Å². The van der Waals surface area contributed by atoms with E-state index in [2.05, 4.69) is 14.8 Å². The quantitative estimate of drug-likeness (QED) is 0.428. The van der Waals surface area contributed by atoms with Gasteiger partial charge in [0.25, 0.3) is 0 Å². The van der Waals surface area contributed by atoms with Crippen molar-refractivity contribution in [3.05, 3.63) is 24.3 Å². The van der Waals surface area contributed by atoms with Crippen molar-refractivity contribution in [2.24, 2.45) is 5.90 Å². The minimum atomic E-state index is -3.68. The molecule has 0 saturated carbocycles. The van der Waals surface area contributed by atoms with E-state index in [1.807, 2.05) is 0 Å². The zero-order valence-corrected chi connectivity index (χ0v) is 8.86. The monoisotopic (exact) mass is 235 g/mol. The van der Waals surface area contributed by atoms with E-state index in [0.717, 1.165) is 7.11 Å². The van der Waals surface area contributed by atoms with Gasteiger partial charge in [0.05, 0.1) is 12.8 Å². The van der Waals surface area contributed by atoms with Gasteiger partial charge in [-0.05, 0) is 24.3 Å². The molecule has 0 spiro atoms. The Bertz CT molecular complexity index is 376. The number of nitrogen functional groups attached to an aromatic ring is 1. The van der Waals surface area contributed by atoms with Gasteiger partial charge in [0.2, 0.25) is 0 Å². The van der Waals surface area contributed by atoms with E-state index in [9.17, 15) is 8.42 Å². The van der Waals surface area contributed by atoms with Crippen molar-refractivity contribution in [1.82, 2.24) is 0 Å². The molecule has 0 radical (unpaired) electrons. The molecule has 1 aromatic carbocycles. The Morgan fingerprint density at radius 1 is 1.27 bits per heavy atom. The average Bonchev–Trinajstić information content (AvgIpc) is 2.24. The van der Waals surface area contributed by atoms with Crippen LogP contribution in [0.1, 0.15) is 0 Å². The molecule has 1 aromatic rings. The molecule has 0 aromatic heterocycles. The van der Waals surface area contributed by atoms with E-state index >= 15 is 0 Å². The SMILES string of the molecule is COS(=O)(=O)Nc1ccc(N)cc1.NO. The summed E-state index contributed by atoms with van der Waals surface area (Å²) in [5, 5.41) is 6.50. The predicted molar refractivity (Wildman–Crippen MR) is 56.4 cm³/mol. The lowest BCUT2D eigenvalue weighted by molar-refractivity contribution is 0.311. The molecule has 7 nitrogen and oxygen atoms in total. The van der Waals surface area contributed by atoms with E-state index in [1.165, 1.54) is 0 Å². The molecule has 86 valence electrons. The van der Waals surface area contributed by atoms with Gasteiger partial charge in [-0.2, -0.15) is 8.42 Å². The summed E-state index contributed by atoms with van der Waals surface area (Å²) < 4.78 is 28.2. The van der Waals surface area contributed by atoms with Gasteiger partial charge in [0.1, 0.15) is 0 Å². The predicted octanol–water partition coefficient (Wildman–Crippen LogP) is -0.0938. The minimum absolute atomic E-state index is 0.413. The lowest BCUT2D eigenvalue weighted by atomic mass is 10.3. The molecule has 8 heteroatoms. The van der Waals surface area contributed by atoms with Crippen LogP contribution in [0.4, 0.5) is 11.4 Å². The van der Waals surface area contributed by atoms with Crippen LogP contribution in [-0.2, 0) is 14.5 Å². The Morgan fingerprint density at radius 2 is 1.73 bits per heavy atom. The fourth-order valence-corrected chi connectivity index (χ4v) is 1.25. The van der Waals surface area contributed by atoms with E-state index in [-0.39, 0.29) is 0 Å². The second kappa shape index (κ2) is 6.19. The van der Waals surface area contributed by atoms with E-state index in [0.29, 0.717) is 11.4 Å². The first-order valence-corrected chi connectivity index (χ1v) is 5.14. The number of nitrogens with two attached hydrogens (primary N) is 2. The van der Waals surface area contributed by atoms with Gasteiger partial charge < -0.3 is 10.9 Å². The maximum atomic E-state index is 10.9. The van der Waals surface area contributed by atoms with Gasteiger partial charge in [-0.1, -0.05) is 0 Å². The molecule has 0 aliphatic carbocycles. The molecule has 6 N–H and O–H groups in total. The molecule has 0 amide bonds. The third-order valence-corrected chi connectivity index (χ3v) is 2.30. The van der Waals surface area contributed by atoms with Crippen LogP contribution >= 0.6 is 0 Å². The van der Waals surface area contributed by atoms with E-state index < -0.39 is 10.3 Å². The molecule has 0 atom stereocenters. The third-order valence-electron chi connectivity index (χ3n) is 1.37. The molecular weight excluding hydrogens is 222 g/mol. The highest BCUT2D eigenvalue weighted by atomic mass is 32.2. The van der Waals surface area contributed by atoms with Gasteiger partial charge >= 0.3 is 10.3 Å². The highest BCUT2D eigenvalue weighted by molar-refractivity contribution is 7.88. The molecule has 1 rings (SSSR count). The largest absolute Gasteiger partial charge is 0.399 e. The van der Waals surface area contributed by atoms with Crippen molar-refractivity contribution >= 4 is 21.7 Å². The highest BCUT2D eigenvalue weighted by Crippen LogP contribution is 2.11. The van der Waals surface area contributed by atoms with Crippen LogP contribution in [0, 0.1) is 0 Å². The van der Waals surface area contributed by atoms with Gasteiger partial charge in [0, 0.05) is 5.69 Å². The van der Waals surface area contributed by atoms with Crippen LogP contribution < -0.4 is 16.4 Å². The number of rotatable bonds is 3. The Balaban J connectivity index is 0.000000921. The molecule has 0 aliphatic rings. The smallest absolute Gasteiger partial charge is 0.359 e. The zero-order chi connectivity index (χ0) is 11.9. The van der Waals surface area contributed by atoms with Crippen molar-refractivity contribution in [3.8, 4) is 0 Å². The fraction of sp³-hybridized carbons (Fsp3) is 0.143. The summed E-state index contributed by atoms with van der Waals surface area (Å²) in [6.45, 7) is 0. The van der Waals surface area contributed by atoms with Gasteiger partial charge in [-0.25, -0.2) is 5.90 Å². The summed E-state index contributed by atoms with van der Waals surface area (Å²) in [7, 11) is -2.59. The number of benzene rings is 1. The van der Waals surface area contributed by atoms with Crippen LogP contribution in [0.15, 0.2) is 24.3 Å². The summed E-state index contributed by atoms with van der Waals surface area (Å²) >= 11 is 0. The molecule has 15 heavy (non-hydrogen) atoms. The average molecular weight is 235 g/mol. The maximum absolute atomic E-state index is 10.9. The van der Waals surface area contributed by atoms with E-state index in [4.69, 9.17) is 10.9 Å². The Morgan fingerprint density at radius 3 is 2.13 bits per heavy atom. The molecule has 0 heterocycles. The number of nitrogens with one attached hydrogen (secondary N) is 1. The van der Waals surface area contributed by atoms with Crippen LogP contribution in [0.5, 0.6) is 0 Å². The summed E-state index contributed by atoms with van der Waals surface area (Å²) in [6.07, 6.45) is 0. The summed E-state index contributed by atoms with van der Waals surface area (Å²) in [6, 6.07) is 6.28. The topological polar surface area (TPSA) is 128 Å². The Hall–Kier alpha value is -1.35. The van der Waals surface area contributed by atoms with Crippen LogP contribution in [0.3, 0.4) is 0 Å². The van der Waals surface area contributed by atoms with Crippen molar-refractivity contribution in [1.29, 1.82) is 0 Å². The fourth-order valence-electron chi connectivity index (χ4n) is 0.737. The normalized spacial score (nSPS) is 10.1. The standard InChI is InChI=1S/C7H10N2O3S.H3NO/c1-12-13(10,11)9-7-4-2-6(8)3-5-7;1-2/h2-5,9H,8H2,1H3;2H,1H2. The highest BCUT2D eigenvalue weighted by Gasteiger charge is 2.06. The first-order chi connectivity index (χ1) is 7.03. The minimum Gasteiger partial charge on any atom is -0.399 e. The number of hydrogen-bond donors (Lipinski definition) is 4. The second-order valence-corrected chi connectivity index (χ2v) is 3.79. The molecule has 0 unspecified atom stereocenters. The van der Waals surface area contributed by atoms with Gasteiger partial charge in [-0.15, -0.1) is 0 Å². The third kappa shape index (κ3) is 5.18. The molecule has 0 bridgehead atoms. The lowest BCUT2D eigenvalue weighted by Crippen LogP contribution is -2.13. The summed E-state index contributed by atoms with van der Waals surface area (Å²) in [5.41, 5.74) is 6.40. The van der Waals surface area contributed by atoms with Crippen LogP contribution in [0.25, 0.3) is 0 Å². The van der Waals surface area contributed by atoms with Gasteiger partial charge in [-0.3, -0.25) is 8.91 Å². The lowest BCUT2D eigenvalue weighted by Gasteiger charge is -2.04. The van der Waals surface area contributed by atoms with Crippen LogP contribution in [0.2, 0.25) is 0 Å². The zero-order valence-electron chi connectivity index (χ0n) is 8.04. The number of anilines is 2. The molecule has 0 aliphatic heterocycles. The van der Waals surface area contributed by atoms with Crippen molar-refractivity contribution in [2.75, 3.05) is 17.6 Å². The maximum Gasteiger partial charge on any atom is 0.359 e. The first-order valence-electron chi connectivity index (χ1n) is 3.73. The van der Waals surface area contributed by atoms with E-state index in [1.54, 1.807) is 24.3 Å². The Kier molecular flexibility index (Phi) is 5.64. The number of hydrogen-bond acceptors (Lipinski definition) is 6.